The third-order valence-electron chi connectivity index (χ3n) is 5.97. The third-order valence-corrected chi connectivity index (χ3v) is 5.97. The van der Waals surface area contributed by atoms with Gasteiger partial charge in [0, 0.05) is 37.9 Å². The summed E-state index contributed by atoms with van der Waals surface area (Å²) in [7, 11) is 1.21. The van der Waals surface area contributed by atoms with Crippen molar-refractivity contribution in [1.82, 2.24) is 4.90 Å². The molecule has 0 aromatic heterocycles. The number of carbonyl (C=O) groups is 1. The molecule has 0 unspecified atom stereocenters. The molecule has 7 nitrogen and oxygen atoms in total. The average molecular weight is 418 g/mol. The van der Waals surface area contributed by atoms with E-state index < -0.39 is 23.9 Å². The van der Waals surface area contributed by atoms with Crippen molar-refractivity contribution in [1.29, 1.82) is 0 Å². The molecule has 3 rings (SSSR count). The van der Waals surface area contributed by atoms with Crippen molar-refractivity contribution in [2.24, 2.45) is 0 Å². The highest BCUT2D eigenvalue weighted by Gasteiger charge is 2.51. The standard InChI is InChI=1S/C22H35BN2O5/c1-20(2,3)28-19(26)25-11-9-24(10-12-25)17-13-16(14-18(15-17)27-8)23-29-21(4,5)22(6,7)30-23/h13-15H,9-12H2,1-8H3. The quantitative estimate of drug-likeness (QED) is 0.704. The van der Waals surface area contributed by atoms with E-state index >= 15 is 0 Å². The van der Waals surface area contributed by atoms with Crippen LogP contribution in [0.1, 0.15) is 48.5 Å². The lowest BCUT2D eigenvalue weighted by molar-refractivity contribution is 0.00578. The summed E-state index contributed by atoms with van der Waals surface area (Å²) >= 11 is 0. The van der Waals surface area contributed by atoms with Crippen molar-refractivity contribution in [3.05, 3.63) is 18.2 Å². The number of carbonyl (C=O) groups excluding carboxylic acids is 1. The number of nitrogens with zero attached hydrogens (tertiary/aromatic N) is 2. The fraction of sp³-hybridized carbons (Fsp3) is 0.682. The van der Waals surface area contributed by atoms with Gasteiger partial charge in [-0.05, 0) is 66.1 Å². The smallest absolute Gasteiger partial charge is 0.495 e. The van der Waals surface area contributed by atoms with E-state index in [9.17, 15) is 4.79 Å². The number of hydrogen-bond donors (Lipinski definition) is 0. The molecule has 0 N–H and O–H groups in total. The van der Waals surface area contributed by atoms with Gasteiger partial charge in [0.05, 0.1) is 18.3 Å². The maximum absolute atomic E-state index is 12.3. The minimum absolute atomic E-state index is 0.259. The predicted molar refractivity (Wildman–Crippen MR) is 119 cm³/mol. The molecule has 2 fully saturated rings. The summed E-state index contributed by atoms with van der Waals surface area (Å²) < 4.78 is 23.5. The van der Waals surface area contributed by atoms with E-state index in [0.717, 1.165) is 30.0 Å². The van der Waals surface area contributed by atoms with E-state index in [4.69, 9.17) is 18.8 Å². The van der Waals surface area contributed by atoms with Crippen molar-refractivity contribution in [2.75, 3.05) is 38.2 Å². The van der Waals surface area contributed by atoms with Crippen LogP contribution in [0.3, 0.4) is 0 Å². The molecule has 166 valence electrons. The Morgan fingerprint density at radius 2 is 1.57 bits per heavy atom. The number of rotatable bonds is 3. The highest BCUT2D eigenvalue weighted by molar-refractivity contribution is 6.62. The monoisotopic (exact) mass is 418 g/mol. The molecule has 0 bridgehead atoms. The van der Waals surface area contributed by atoms with Gasteiger partial charge in [0.15, 0.2) is 0 Å². The molecule has 0 saturated carbocycles. The first-order valence-electron chi connectivity index (χ1n) is 10.6. The lowest BCUT2D eigenvalue weighted by Gasteiger charge is -2.37. The van der Waals surface area contributed by atoms with Crippen LogP contribution >= 0.6 is 0 Å². The third kappa shape index (κ3) is 4.86. The number of hydrogen-bond acceptors (Lipinski definition) is 6. The molecule has 8 heteroatoms. The fourth-order valence-corrected chi connectivity index (χ4v) is 3.50. The van der Waals surface area contributed by atoms with Crippen LogP contribution in [-0.4, -0.2) is 68.2 Å². The SMILES string of the molecule is COc1cc(B2OC(C)(C)C(C)(C)O2)cc(N2CCN(C(=O)OC(C)(C)C)CC2)c1. The van der Waals surface area contributed by atoms with Crippen LogP contribution in [0.5, 0.6) is 5.75 Å². The molecule has 1 aromatic rings. The highest BCUT2D eigenvalue weighted by atomic mass is 16.7. The van der Waals surface area contributed by atoms with Gasteiger partial charge < -0.3 is 28.6 Å². The maximum Gasteiger partial charge on any atom is 0.495 e. The van der Waals surface area contributed by atoms with Crippen LogP contribution in [0.4, 0.5) is 10.5 Å². The van der Waals surface area contributed by atoms with Crippen molar-refractivity contribution in [2.45, 2.75) is 65.3 Å². The molecule has 30 heavy (non-hydrogen) atoms. The molecular formula is C22H35BN2O5. The summed E-state index contributed by atoms with van der Waals surface area (Å²) in [6.07, 6.45) is -0.259. The first-order chi connectivity index (χ1) is 13.8. The Labute approximate surface area is 180 Å². The van der Waals surface area contributed by atoms with Gasteiger partial charge in [0.25, 0.3) is 0 Å². The molecule has 0 spiro atoms. The van der Waals surface area contributed by atoms with E-state index in [0.29, 0.717) is 13.1 Å². The van der Waals surface area contributed by atoms with E-state index in [2.05, 4.69) is 11.0 Å². The topological polar surface area (TPSA) is 60.5 Å². The lowest BCUT2D eigenvalue weighted by Crippen LogP contribution is -2.50. The maximum atomic E-state index is 12.3. The Morgan fingerprint density at radius 3 is 2.07 bits per heavy atom. The molecule has 2 aliphatic rings. The van der Waals surface area contributed by atoms with Crippen molar-refractivity contribution in [3.63, 3.8) is 0 Å². The molecule has 0 atom stereocenters. The molecular weight excluding hydrogens is 383 g/mol. The van der Waals surface area contributed by atoms with Gasteiger partial charge in [-0.25, -0.2) is 4.79 Å². The van der Waals surface area contributed by atoms with Crippen LogP contribution in [0, 0.1) is 0 Å². The summed E-state index contributed by atoms with van der Waals surface area (Å²) in [5.74, 6) is 0.756. The van der Waals surface area contributed by atoms with E-state index in [1.54, 1.807) is 12.0 Å². The van der Waals surface area contributed by atoms with Crippen LogP contribution in [0.15, 0.2) is 18.2 Å². The lowest BCUT2D eigenvalue weighted by atomic mass is 9.78. The summed E-state index contributed by atoms with van der Waals surface area (Å²) in [5, 5.41) is 0. The summed E-state index contributed by atoms with van der Waals surface area (Å²) in [6, 6.07) is 6.06. The number of ether oxygens (including phenoxy) is 2. The van der Waals surface area contributed by atoms with Crippen molar-refractivity contribution < 1.29 is 23.6 Å². The summed E-state index contributed by atoms with van der Waals surface area (Å²) in [6.45, 7) is 16.5. The van der Waals surface area contributed by atoms with Gasteiger partial charge in [-0.2, -0.15) is 0 Å². The van der Waals surface area contributed by atoms with Gasteiger partial charge >= 0.3 is 13.2 Å². The molecule has 1 amide bonds. The second-order valence-electron chi connectivity index (χ2n) is 10.0. The molecule has 0 radical (unpaired) electrons. The minimum atomic E-state index is -0.487. The number of piperazine rings is 1. The number of anilines is 1. The molecule has 2 saturated heterocycles. The first-order valence-corrected chi connectivity index (χ1v) is 10.6. The van der Waals surface area contributed by atoms with Crippen molar-refractivity contribution in [3.8, 4) is 5.75 Å². The second-order valence-corrected chi connectivity index (χ2v) is 10.0. The number of amides is 1. The van der Waals surface area contributed by atoms with Gasteiger partial charge in [-0.15, -0.1) is 0 Å². The van der Waals surface area contributed by atoms with Gasteiger partial charge in [0.2, 0.25) is 0 Å². The number of benzene rings is 1. The van der Waals surface area contributed by atoms with Crippen molar-refractivity contribution >= 4 is 24.4 Å². The highest BCUT2D eigenvalue weighted by Crippen LogP contribution is 2.37. The molecule has 0 aliphatic carbocycles. The van der Waals surface area contributed by atoms with Gasteiger partial charge in [-0.1, -0.05) is 0 Å². The predicted octanol–water partition coefficient (Wildman–Crippen LogP) is 3.05. The Morgan fingerprint density at radius 1 is 1.00 bits per heavy atom. The zero-order valence-corrected chi connectivity index (χ0v) is 19.6. The van der Waals surface area contributed by atoms with Crippen LogP contribution in [0.25, 0.3) is 0 Å². The average Bonchev–Trinajstić information content (AvgIpc) is 2.87. The zero-order chi connectivity index (χ0) is 22.3. The van der Waals surface area contributed by atoms with Gasteiger partial charge in [0.1, 0.15) is 11.4 Å². The Hall–Kier alpha value is -1.93. The summed E-state index contributed by atoms with van der Waals surface area (Å²) in [5.41, 5.74) is 0.666. The van der Waals surface area contributed by atoms with Crippen LogP contribution < -0.4 is 15.1 Å². The molecule has 2 aliphatic heterocycles. The zero-order valence-electron chi connectivity index (χ0n) is 19.6. The van der Waals surface area contributed by atoms with E-state index in [-0.39, 0.29) is 6.09 Å². The Kier molecular flexibility index (Phi) is 6.04. The largest absolute Gasteiger partial charge is 0.497 e. The van der Waals surface area contributed by atoms with Crippen LogP contribution in [0.2, 0.25) is 0 Å². The summed E-state index contributed by atoms with van der Waals surface area (Å²) in [4.78, 5) is 16.3. The first kappa shape index (κ1) is 22.8. The molecule has 1 aromatic carbocycles. The van der Waals surface area contributed by atoms with Gasteiger partial charge in [-0.3, -0.25) is 0 Å². The fourth-order valence-electron chi connectivity index (χ4n) is 3.50. The van der Waals surface area contributed by atoms with E-state index in [1.807, 2.05) is 60.6 Å². The Balaban J connectivity index is 1.73. The normalized spacial score (nSPS) is 21.0. The van der Waals surface area contributed by atoms with E-state index in [1.165, 1.54) is 0 Å². The minimum Gasteiger partial charge on any atom is -0.497 e. The second kappa shape index (κ2) is 7.96. The Bertz CT molecular complexity index is 766. The van der Waals surface area contributed by atoms with Crippen LogP contribution in [-0.2, 0) is 14.0 Å². The molecule has 2 heterocycles. The number of methoxy groups -OCH3 is 1.